The van der Waals surface area contributed by atoms with E-state index in [4.69, 9.17) is 0 Å². The maximum atomic E-state index is 12.6. The van der Waals surface area contributed by atoms with Gasteiger partial charge in [-0.15, -0.1) is 0 Å². The molecule has 0 aliphatic carbocycles. The number of fused-ring (bicyclic) bond motifs is 1. The minimum Gasteiger partial charge on any atom is -0.347 e. The van der Waals surface area contributed by atoms with Crippen LogP contribution in [0.5, 0.6) is 0 Å². The fraction of sp³-hybridized carbons (Fsp3) is 0.526. The summed E-state index contributed by atoms with van der Waals surface area (Å²) in [6.07, 6.45) is 2.98. The number of likely N-dealkylation sites (tertiary alicyclic amines) is 1. The lowest BCUT2D eigenvalue weighted by atomic mass is 10.0. The Balaban J connectivity index is 1.79. The molecular weight excluding hydrogens is 272 g/mol. The predicted octanol–water partition coefficient (Wildman–Crippen LogP) is 3.93. The molecule has 0 N–H and O–H groups in total. The van der Waals surface area contributed by atoms with Gasteiger partial charge in [0.2, 0.25) is 5.91 Å². The molecule has 1 atom stereocenters. The molecule has 1 fully saturated rings. The Kier molecular flexibility index (Phi) is 4.23. The molecule has 2 heterocycles. The van der Waals surface area contributed by atoms with Gasteiger partial charge in [0.25, 0.3) is 0 Å². The Bertz CT molecular complexity index is 669. The normalized spacial score (nSPS) is 18.5. The second kappa shape index (κ2) is 6.15. The Labute approximate surface area is 132 Å². The minimum atomic E-state index is 0.200. The fourth-order valence-electron chi connectivity index (χ4n) is 3.80. The number of carbonyl (C=O) groups is 1. The van der Waals surface area contributed by atoms with E-state index in [0.717, 1.165) is 32.4 Å². The first kappa shape index (κ1) is 15.1. The standard InChI is InChI=1S/C19H26N2O/c1-4-14(5-2)19(22)21-11-10-16(13-21)18-12-15-8-6-7-9-17(15)20(18)3/h6-9,12,14,16H,4-5,10-11,13H2,1-3H3. The first-order chi connectivity index (χ1) is 10.7. The number of para-hydroxylation sites is 1. The van der Waals surface area contributed by atoms with E-state index in [2.05, 4.69) is 60.7 Å². The summed E-state index contributed by atoms with van der Waals surface area (Å²) in [5.41, 5.74) is 2.64. The van der Waals surface area contributed by atoms with Gasteiger partial charge in [-0.3, -0.25) is 4.79 Å². The van der Waals surface area contributed by atoms with Crippen LogP contribution in [0, 0.1) is 5.92 Å². The average Bonchev–Trinajstić information content (AvgIpc) is 3.14. The summed E-state index contributed by atoms with van der Waals surface area (Å²) >= 11 is 0. The number of hydrogen-bond donors (Lipinski definition) is 0. The molecule has 1 aromatic carbocycles. The third kappa shape index (κ3) is 2.53. The van der Waals surface area contributed by atoms with Crippen LogP contribution in [-0.2, 0) is 11.8 Å². The Morgan fingerprint density at radius 2 is 2.00 bits per heavy atom. The van der Waals surface area contributed by atoms with Gasteiger partial charge < -0.3 is 9.47 Å². The topological polar surface area (TPSA) is 25.2 Å². The van der Waals surface area contributed by atoms with Crippen LogP contribution in [0.3, 0.4) is 0 Å². The van der Waals surface area contributed by atoms with E-state index in [1.54, 1.807) is 0 Å². The number of rotatable bonds is 4. The van der Waals surface area contributed by atoms with E-state index in [0.29, 0.717) is 11.8 Å². The number of aromatic nitrogens is 1. The lowest BCUT2D eigenvalue weighted by molar-refractivity contribution is -0.134. The Morgan fingerprint density at radius 1 is 1.27 bits per heavy atom. The molecule has 1 aliphatic heterocycles. The summed E-state index contributed by atoms with van der Waals surface area (Å²) < 4.78 is 2.30. The van der Waals surface area contributed by atoms with Crippen molar-refractivity contribution in [3.63, 3.8) is 0 Å². The van der Waals surface area contributed by atoms with Crippen molar-refractivity contribution in [1.82, 2.24) is 9.47 Å². The third-order valence-electron chi connectivity index (χ3n) is 5.24. The molecule has 1 amide bonds. The molecule has 3 heteroatoms. The van der Waals surface area contributed by atoms with Crippen molar-refractivity contribution in [3.05, 3.63) is 36.0 Å². The lowest BCUT2D eigenvalue weighted by Gasteiger charge is -2.22. The molecule has 0 saturated carbocycles. The van der Waals surface area contributed by atoms with Gasteiger partial charge in [-0.1, -0.05) is 32.0 Å². The maximum absolute atomic E-state index is 12.6. The summed E-state index contributed by atoms with van der Waals surface area (Å²) in [4.78, 5) is 14.6. The van der Waals surface area contributed by atoms with E-state index >= 15 is 0 Å². The van der Waals surface area contributed by atoms with Crippen LogP contribution in [-0.4, -0.2) is 28.5 Å². The molecule has 1 aromatic heterocycles. The summed E-state index contributed by atoms with van der Waals surface area (Å²) in [7, 11) is 2.14. The second-order valence-corrected chi connectivity index (χ2v) is 6.47. The highest BCUT2D eigenvalue weighted by molar-refractivity contribution is 5.82. The van der Waals surface area contributed by atoms with Crippen LogP contribution in [0.4, 0.5) is 0 Å². The molecule has 3 rings (SSSR count). The summed E-state index contributed by atoms with van der Waals surface area (Å²) in [6, 6.07) is 10.8. The number of nitrogens with zero attached hydrogens (tertiary/aromatic N) is 2. The van der Waals surface area contributed by atoms with E-state index in [9.17, 15) is 4.79 Å². The minimum absolute atomic E-state index is 0.200. The molecule has 22 heavy (non-hydrogen) atoms. The number of hydrogen-bond acceptors (Lipinski definition) is 1. The van der Waals surface area contributed by atoms with Crippen LogP contribution < -0.4 is 0 Å². The molecule has 0 bridgehead atoms. The summed E-state index contributed by atoms with van der Waals surface area (Å²) in [5, 5.41) is 1.30. The van der Waals surface area contributed by atoms with Crippen LogP contribution in [0.25, 0.3) is 10.9 Å². The van der Waals surface area contributed by atoms with E-state index in [1.165, 1.54) is 16.6 Å². The zero-order valence-corrected chi connectivity index (χ0v) is 13.9. The highest BCUT2D eigenvalue weighted by Crippen LogP contribution is 2.32. The first-order valence-corrected chi connectivity index (χ1v) is 8.48. The van der Waals surface area contributed by atoms with Crippen molar-refractivity contribution in [2.24, 2.45) is 13.0 Å². The molecule has 1 saturated heterocycles. The molecule has 118 valence electrons. The van der Waals surface area contributed by atoms with Crippen molar-refractivity contribution in [1.29, 1.82) is 0 Å². The van der Waals surface area contributed by atoms with E-state index < -0.39 is 0 Å². The van der Waals surface area contributed by atoms with E-state index in [1.807, 2.05) is 0 Å². The Morgan fingerprint density at radius 3 is 2.68 bits per heavy atom. The molecular formula is C19H26N2O. The highest BCUT2D eigenvalue weighted by Gasteiger charge is 2.31. The van der Waals surface area contributed by atoms with Crippen LogP contribution >= 0.6 is 0 Å². The van der Waals surface area contributed by atoms with Crippen LogP contribution in [0.1, 0.15) is 44.7 Å². The zero-order valence-electron chi connectivity index (χ0n) is 13.9. The quantitative estimate of drug-likeness (QED) is 0.839. The van der Waals surface area contributed by atoms with Gasteiger partial charge in [-0.05, 0) is 36.8 Å². The maximum Gasteiger partial charge on any atom is 0.225 e. The molecule has 1 aliphatic rings. The highest BCUT2D eigenvalue weighted by atomic mass is 16.2. The predicted molar refractivity (Wildman–Crippen MR) is 90.9 cm³/mol. The average molecular weight is 298 g/mol. The number of benzene rings is 1. The van der Waals surface area contributed by atoms with Gasteiger partial charge in [0, 0.05) is 43.2 Å². The summed E-state index contributed by atoms with van der Waals surface area (Å²) in [6.45, 7) is 6.01. The molecule has 2 aromatic rings. The molecule has 3 nitrogen and oxygen atoms in total. The Hall–Kier alpha value is -1.77. The van der Waals surface area contributed by atoms with Gasteiger partial charge in [0.1, 0.15) is 0 Å². The monoisotopic (exact) mass is 298 g/mol. The molecule has 0 spiro atoms. The lowest BCUT2D eigenvalue weighted by Crippen LogP contribution is -2.34. The number of aryl methyl sites for hydroxylation is 1. The van der Waals surface area contributed by atoms with Crippen molar-refractivity contribution in [3.8, 4) is 0 Å². The smallest absolute Gasteiger partial charge is 0.225 e. The molecule has 0 radical (unpaired) electrons. The summed E-state index contributed by atoms with van der Waals surface area (Å²) in [5.74, 6) is 1.02. The van der Waals surface area contributed by atoms with Gasteiger partial charge in [-0.25, -0.2) is 0 Å². The fourth-order valence-corrected chi connectivity index (χ4v) is 3.80. The first-order valence-electron chi connectivity index (χ1n) is 8.48. The largest absolute Gasteiger partial charge is 0.347 e. The second-order valence-electron chi connectivity index (χ2n) is 6.47. The number of carbonyl (C=O) groups excluding carboxylic acids is 1. The van der Waals surface area contributed by atoms with Gasteiger partial charge in [-0.2, -0.15) is 0 Å². The van der Waals surface area contributed by atoms with Crippen LogP contribution in [0.2, 0.25) is 0 Å². The van der Waals surface area contributed by atoms with Crippen molar-refractivity contribution < 1.29 is 4.79 Å². The zero-order chi connectivity index (χ0) is 15.7. The van der Waals surface area contributed by atoms with E-state index in [-0.39, 0.29) is 5.92 Å². The van der Waals surface area contributed by atoms with Crippen molar-refractivity contribution >= 4 is 16.8 Å². The third-order valence-corrected chi connectivity index (χ3v) is 5.24. The van der Waals surface area contributed by atoms with Crippen molar-refractivity contribution in [2.45, 2.75) is 39.0 Å². The van der Waals surface area contributed by atoms with Gasteiger partial charge in [0.15, 0.2) is 0 Å². The molecule has 1 unspecified atom stereocenters. The number of amides is 1. The van der Waals surface area contributed by atoms with Crippen LogP contribution in [0.15, 0.2) is 30.3 Å². The van der Waals surface area contributed by atoms with Gasteiger partial charge >= 0.3 is 0 Å². The SMILES string of the molecule is CCC(CC)C(=O)N1CCC(c2cc3ccccc3n2C)C1. The van der Waals surface area contributed by atoms with Gasteiger partial charge in [0.05, 0.1) is 0 Å². The van der Waals surface area contributed by atoms with Crippen molar-refractivity contribution in [2.75, 3.05) is 13.1 Å².